The summed E-state index contributed by atoms with van der Waals surface area (Å²) < 4.78 is 0. The van der Waals surface area contributed by atoms with Crippen molar-refractivity contribution in [3.8, 4) is 0 Å². The van der Waals surface area contributed by atoms with Gasteiger partial charge in [0.1, 0.15) is 0 Å². The van der Waals surface area contributed by atoms with Gasteiger partial charge in [-0.2, -0.15) is 0 Å². The van der Waals surface area contributed by atoms with Gasteiger partial charge in [0.15, 0.2) is 0 Å². The molecule has 18 heavy (non-hydrogen) atoms. The third-order valence-corrected chi connectivity index (χ3v) is 3.45. The van der Waals surface area contributed by atoms with Gasteiger partial charge in [-0.3, -0.25) is 4.79 Å². The summed E-state index contributed by atoms with van der Waals surface area (Å²) >= 11 is 0. The van der Waals surface area contributed by atoms with Crippen LogP contribution in [0.25, 0.3) is 10.9 Å². The van der Waals surface area contributed by atoms with Crippen LogP contribution in [0.4, 0.5) is 0 Å². The van der Waals surface area contributed by atoms with Gasteiger partial charge in [0, 0.05) is 29.7 Å². The van der Waals surface area contributed by atoms with Crippen LogP contribution in [0, 0.1) is 0 Å². The SMILES string of the molecule is O=C(Cc1c[nH]c2ccccc12)N[C@H]1CCNC1. The van der Waals surface area contributed by atoms with E-state index in [1.54, 1.807) is 0 Å². The molecule has 1 aliphatic heterocycles. The molecule has 0 saturated carbocycles. The van der Waals surface area contributed by atoms with Crippen molar-refractivity contribution >= 4 is 16.8 Å². The smallest absolute Gasteiger partial charge is 0.224 e. The van der Waals surface area contributed by atoms with Crippen LogP contribution in [0.1, 0.15) is 12.0 Å². The molecule has 1 aromatic carbocycles. The predicted molar refractivity (Wildman–Crippen MR) is 71.4 cm³/mol. The molecule has 2 heterocycles. The molecule has 0 bridgehead atoms. The van der Waals surface area contributed by atoms with Crippen LogP contribution >= 0.6 is 0 Å². The van der Waals surface area contributed by atoms with E-state index in [1.807, 2.05) is 30.5 Å². The highest BCUT2D eigenvalue weighted by atomic mass is 16.1. The van der Waals surface area contributed by atoms with Gasteiger partial charge in [0.2, 0.25) is 5.91 Å². The van der Waals surface area contributed by atoms with E-state index < -0.39 is 0 Å². The largest absolute Gasteiger partial charge is 0.361 e. The molecule has 0 aliphatic carbocycles. The van der Waals surface area contributed by atoms with Crippen molar-refractivity contribution in [1.29, 1.82) is 0 Å². The van der Waals surface area contributed by atoms with E-state index in [2.05, 4.69) is 15.6 Å². The molecule has 1 atom stereocenters. The zero-order valence-corrected chi connectivity index (χ0v) is 10.2. The van der Waals surface area contributed by atoms with Crippen molar-refractivity contribution in [1.82, 2.24) is 15.6 Å². The molecule has 4 nitrogen and oxygen atoms in total. The fourth-order valence-electron chi connectivity index (χ4n) is 2.51. The Labute approximate surface area is 106 Å². The Hall–Kier alpha value is -1.81. The number of amides is 1. The van der Waals surface area contributed by atoms with Crippen molar-refractivity contribution in [2.45, 2.75) is 18.9 Å². The highest BCUT2D eigenvalue weighted by Gasteiger charge is 2.17. The molecular weight excluding hydrogens is 226 g/mol. The normalized spacial score (nSPS) is 19.2. The number of hydrogen-bond donors (Lipinski definition) is 3. The Kier molecular flexibility index (Phi) is 3.02. The number of carbonyl (C=O) groups is 1. The Bertz CT molecular complexity index is 555. The number of hydrogen-bond acceptors (Lipinski definition) is 2. The molecule has 1 amide bonds. The molecule has 4 heteroatoms. The van der Waals surface area contributed by atoms with Gasteiger partial charge in [0.05, 0.1) is 6.42 Å². The van der Waals surface area contributed by atoms with Crippen molar-refractivity contribution in [2.75, 3.05) is 13.1 Å². The second-order valence-electron chi connectivity index (χ2n) is 4.79. The van der Waals surface area contributed by atoms with Crippen molar-refractivity contribution in [2.24, 2.45) is 0 Å². The number of fused-ring (bicyclic) bond motifs is 1. The quantitative estimate of drug-likeness (QED) is 0.758. The van der Waals surface area contributed by atoms with Crippen LogP contribution in [0.3, 0.4) is 0 Å². The Morgan fingerprint density at radius 3 is 3.11 bits per heavy atom. The third-order valence-electron chi connectivity index (χ3n) is 3.45. The number of benzene rings is 1. The van der Waals surface area contributed by atoms with Gasteiger partial charge in [-0.15, -0.1) is 0 Å². The maximum absolute atomic E-state index is 12.0. The average molecular weight is 243 g/mol. The van der Waals surface area contributed by atoms with E-state index in [0.29, 0.717) is 12.5 Å². The molecule has 3 N–H and O–H groups in total. The molecule has 3 rings (SSSR count). The lowest BCUT2D eigenvalue weighted by atomic mass is 10.1. The minimum Gasteiger partial charge on any atom is -0.361 e. The van der Waals surface area contributed by atoms with Crippen LogP contribution < -0.4 is 10.6 Å². The third kappa shape index (κ3) is 2.24. The zero-order chi connectivity index (χ0) is 12.4. The number of rotatable bonds is 3. The standard InChI is InChI=1S/C14H17N3O/c18-14(17-11-5-6-15-9-11)7-10-8-16-13-4-2-1-3-12(10)13/h1-4,8,11,15-16H,5-7,9H2,(H,17,18)/t11-/m0/s1. The Morgan fingerprint density at radius 2 is 2.28 bits per heavy atom. The number of nitrogens with one attached hydrogen (secondary N) is 3. The van der Waals surface area contributed by atoms with Gasteiger partial charge < -0.3 is 15.6 Å². The highest BCUT2D eigenvalue weighted by Crippen LogP contribution is 2.18. The minimum atomic E-state index is 0.105. The molecule has 94 valence electrons. The summed E-state index contributed by atoms with van der Waals surface area (Å²) in [6, 6.07) is 8.36. The number of aromatic nitrogens is 1. The van der Waals surface area contributed by atoms with Crippen LogP contribution in [0.5, 0.6) is 0 Å². The molecule has 1 aliphatic rings. The number of para-hydroxylation sites is 1. The Morgan fingerprint density at radius 1 is 1.39 bits per heavy atom. The second-order valence-corrected chi connectivity index (χ2v) is 4.79. The number of aromatic amines is 1. The monoisotopic (exact) mass is 243 g/mol. The van der Waals surface area contributed by atoms with E-state index in [0.717, 1.165) is 36.0 Å². The lowest BCUT2D eigenvalue weighted by Crippen LogP contribution is -2.37. The first-order chi connectivity index (χ1) is 8.83. The van der Waals surface area contributed by atoms with E-state index in [-0.39, 0.29) is 5.91 Å². The molecule has 1 saturated heterocycles. The van der Waals surface area contributed by atoms with Gasteiger partial charge in [-0.1, -0.05) is 18.2 Å². The Balaban J connectivity index is 1.70. The lowest BCUT2D eigenvalue weighted by molar-refractivity contribution is -0.121. The van der Waals surface area contributed by atoms with Crippen LogP contribution in [-0.2, 0) is 11.2 Å². The first-order valence-electron chi connectivity index (χ1n) is 6.38. The van der Waals surface area contributed by atoms with Crippen molar-refractivity contribution in [3.05, 3.63) is 36.0 Å². The van der Waals surface area contributed by atoms with Crippen molar-refractivity contribution in [3.63, 3.8) is 0 Å². The fraction of sp³-hybridized carbons (Fsp3) is 0.357. The van der Waals surface area contributed by atoms with Gasteiger partial charge in [0.25, 0.3) is 0 Å². The maximum atomic E-state index is 12.0. The van der Waals surface area contributed by atoms with E-state index in [4.69, 9.17) is 0 Å². The van der Waals surface area contributed by atoms with Gasteiger partial charge in [-0.25, -0.2) is 0 Å². The summed E-state index contributed by atoms with van der Waals surface area (Å²) in [5.41, 5.74) is 2.15. The van der Waals surface area contributed by atoms with Crippen LogP contribution in [0.2, 0.25) is 0 Å². The first-order valence-corrected chi connectivity index (χ1v) is 6.38. The summed E-state index contributed by atoms with van der Waals surface area (Å²) in [6.07, 6.45) is 3.40. The fourth-order valence-corrected chi connectivity index (χ4v) is 2.51. The van der Waals surface area contributed by atoms with Crippen LogP contribution in [-0.4, -0.2) is 30.0 Å². The topological polar surface area (TPSA) is 56.9 Å². The van der Waals surface area contributed by atoms with E-state index in [1.165, 1.54) is 0 Å². The number of H-pyrrole nitrogens is 1. The van der Waals surface area contributed by atoms with Crippen LogP contribution in [0.15, 0.2) is 30.5 Å². The molecule has 0 spiro atoms. The van der Waals surface area contributed by atoms with Gasteiger partial charge in [-0.05, 0) is 24.6 Å². The molecule has 0 unspecified atom stereocenters. The van der Waals surface area contributed by atoms with Gasteiger partial charge >= 0.3 is 0 Å². The lowest BCUT2D eigenvalue weighted by Gasteiger charge is -2.10. The molecular formula is C14H17N3O. The minimum absolute atomic E-state index is 0.105. The maximum Gasteiger partial charge on any atom is 0.224 e. The highest BCUT2D eigenvalue weighted by molar-refractivity contribution is 5.88. The first kappa shape index (κ1) is 11.3. The summed E-state index contributed by atoms with van der Waals surface area (Å²) in [6.45, 7) is 1.89. The summed E-state index contributed by atoms with van der Waals surface area (Å²) in [7, 11) is 0. The molecule has 1 aromatic heterocycles. The zero-order valence-electron chi connectivity index (χ0n) is 10.2. The summed E-state index contributed by atoms with van der Waals surface area (Å²) in [5, 5.41) is 7.45. The van der Waals surface area contributed by atoms with Crippen molar-refractivity contribution < 1.29 is 4.79 Å². The molecule has 1 fully saturated rings. The average Bonchev–Trinajstić information content (AvgIpc) is 3.00. The number of carbonyl (C=O) groups excluding carboxylic acids is 1. The summed E-state index contributed by atoms with van der Waals surface area (Å²) in [5.74, 6) is 0.105. The van der Waals surface area contributed by atoms with E-state index >= 15 is 0 Å². The molecule has 2 aromatic rings. The van der Waals surface area contributed by atoms with E-state index in [9.17, 15) is 4.79 Å². The second kappa shape index (κ2) is 4.82. The predicted octanol–water partition coefficient (Wildman–Crippen LogP) is 1.19. The molecule has 0 radical (unpaired) electrons. The summed E-state index contributed by atoms with van der Waals surface area (Å²) in [4.78, 5) is 15.2.